The van der Waals surface area contributed by atoms with Gasteiger partial charge in [0.15, 0.2) is 11.5 Å². The third-order valence-electron chi connectivity index (χ3n) is 3.55. The highest BCUT2D eigenvalue weighted by Gasteiger charge is 2.24. The Balaban J connectivity index is 2.02. The molecule has 104 valence electrons. The number of rotatable bonds is 3. The van der Waals surface area contributed by atoms with Crippen LogP contribution in [-0.2, 0) is 0 Å². The molecular weight excluding hydrogens is 262 g/mol. The number of hydrogen-bond donors (Lipinski definition) is 3. The van der Waals surface area contributed by atoms with Gasteiger partial charge in [-0.2, -0.15) is 11.8 Å². The fourth-order valence-electron chi connectivity index (χ4n) is 2.47. The van der Waals surface area contributed by atoms with Crippen molar-refractivity contribution in [1.29, 1.82) is 0 Å². The highest BCUT2D eigenvalue weighted by Crippen LogP contribution is 2.30. The van der Waals surface area contributed by atoms with Crippen LogP contribution in [0.15, 0.2) is 18.2 Å². The summed E-state index contributed by atoms with van der Waals surface area (Å²) in [6, 6.07) is 4.58. The van der Waals surface area contributed by atoms with E-state index >= 15 is 0 Å². The van der Waals surface area contributed by atoms with Crippen molar-refractivity contribution in [3.05, 3.63) is 23.8 Å². The minimum Gasteiger partial charge on any atom is -0.504 e. The van der Waals surface area contributed by atoms with Gasteiger partial charge in [-0.3, -0.25) is 4.79 Å². The molecule has 1 aromatic carbocycles. The average Bonchev–Trinajstić information content (AvgIpc) is 2.42. The predicted octanol–water partition coefficient (Wildman–Crippen LogP) is 2.50. The van der Waals surface area contributed by atoms with Gasteiger partial charge in [-0.1, -0.05) is 12.5 Å². The Morgan fingerprint density at radius 2 is 2.16 bits per heavy atom. The monoisotopic (exact) mass is 281 g/mol. The lowest BCUT2D eigenvalue weighted by molar-refractivity contribution is 0.0925. The first kappa shape index (κ1) is 14.1. The summed E-state index contributed by atoms with van der Waals surface area (Å²) in [5.74, 6) is -0.935. The van der Waals surface area contributed by atoms with Crippen LogP contribution in [0.1, 0.15) is 36.0 Å². The van der Waals surface area contributed by atoms with E-state index in [1.807, 2.05) is 11.8 Å². The smallest absolute Gasteiger partial charge is 0.255 e. The van der Waals surface area contributed by atoms with Gasteiger partial charge in [0.25, 0.3) is 5.91 Å². The fourth-order valence-corrected chi connectivity index (χ4v) is 3.29. The van der Waals surface area contributed by atoms with Crippen molar-refractivity contribution >= 4 is 17.7 Å². The average molecular weight is 281 g/mol. The van der Waals surface area contributed by atoms with Crippen LogP contribution in [0.3, 0.4) is 0 Å². The Kier molecular flexibility index (Phi) is 4.58. The van der Waals surface area contributed by atoms with E-state index in [1.54, 1.807) is 6.07 Å². The summed E-state index contributed by atoms with van der Waals surface area (Å²) < 4.78 is 0. The molecule has 4 nitrogen and oxygen atoms in total. The minimum absolute atomic E-state index is 0.131. The van der Waals surface area contributed by atoms with Gasteiger partial charge in [-0.15, -0.1) is 0 Å². The third kappa shape index (κ3) is 3.35. The molecule has 0 heterocycles. The quantitative estimate of drug-likeness (QED) is 0.745. The van der Waals surface area contributed by atoms with Crippen LogP contribution in [-0.4, -0.2) is 33.7 Å². The lowest BCUT2D eigenvalue weighted by atomic mass is 9.94. The van der Waals surface area contributed by atoms with Crippen LogP contribution in [0.25, 0.3) is 0 Å². The van der Waals surface area contributed by atoms with Crippen molar-refractivity contribution in [2.45, 2.75) is 37.0 Å². The standard InChI is InChI=1S/C14H19NO3S/c1-19-10-5-2-4-9(8-10)15-14(18)11-6-3-7-12(16)13(11)17/h3,6-7,9-10,16-17H,2,4-5,8H2,1H3,(H,15,18). The molecule has 2 unspecified atom stereocenters. The molecular formula is C14H19NO3S. The lowest BCUT2D eigenvalue weighted by Gasteiger charge is -2.28. The highest BCUT2D eigenvalue weighted by atomic mass is 32.2. The Bertz CT molecular complexity index is 464. The molecule has 0 bridgehead atoms. The van der Waals surface area contributed by atoms with Crippen molar-refractivity contribution in [2.24, 2.45) is 0 Å². The van der Waals surface area contributed by atoms with Gasteiger partial charge in [0.1, 0.15) is 0 Å². The van der Waals surface area contributed by atoms with Gasteiger partial charge < -0.3 is 15.5 Å². The van der Waals surface area contributed by atoms with E-state index in [9.17, 15) is 15.0 Å². The maximum absolute atomic E-state index is 12.1. The number of nitrogens with one attached hydrogen (secondary N) is 1. The Morgan fingerprint density at radius 1 is 1.37 bits per heavy atom. The zero-order valence-corrected chi connectivity index (χ0v) is 11.7. The third-order valence-corrected chi connectivity index (χ3v) is 4.65. The van der Waals surface area contributed by atoms with Crippen LogP contribution in [0.2, 0.25) is 0 Å². The number of aromatic hydroxyl groups is 2. The first-order valence-electron chi connectivity index (χ1n) is 6.46. The highest BCUT2D eigenvalue weighted by molar-refractivity contribution is 7.99. The van der Waals surface area contributed by atoms with Gasteiger partial charge in [0.05, 0.1) is 5.56 Å². The molecule has 1 aromatic rings. The number of phenols is 2. The summed E-state index contributed by atoms with van der Waals surface area (Å²) in [7, 11) is 0. The molecule has 5 heteroatoms. The second kappa shape index (κ2) is 6.19. The zero-order chi connectivity index (χ0) is 13.8. The molecule has 0 aromatic heterocycles. The molecule has 1 amide bonds. The van der Waals surface area contributed by atoms with Gasteiger partial charge in [-0.25, -0.2) is 0 Å². The number of amides is 1. The summed E-state index contributed by atoms with van der Waals surface area (Å²) in [5, 5.41) is 22.6. The van der Waals surface area contributed by atoms with E-state index in [-0.39, 0.29) is 29.0 Å². The molecule has 2 atom stereocenters. The number of phenolic OH excluding ortho intramolecular Hbond substituents is 2. The van der Waals surface area contributed by atoms with E-state index in [1.165, 1.54) is 18.6 Å². The summed E-state index contributed by atoms with van der Waals surface area (Å²) in [4.78, 5) is 12.1. The number of carbonyl (C=O) groups excluding carboxylic acids is 1. The molecule has 0 spiro atoms. The van der Waals surface area contributed by atoms with Crippen LogP contribution < -0.4 is 5.32 Å². The molecule has 2 rings (SSSR count). The van der Waals surface area contributed by atoms with E-state index in [0.717, 1.165) is 19.3 Å². The summed E-state index contributed by atoms with van der Waals surface area (Å²) in [6.45, 7) is 0. The number of benzene rings is 1. The summed E-state index contributed by atoms with van der Waals surface area (Å²) in [5.41, 5.74) is 0.131. The zero-order valence-electron chi connectivity index (χ0n) is 10.9. The Labute approximate surface area is 117 Å². The van der Waals surface area contributed by atoms with E-state index in [4.69, 9.17) is 0 Å². The molecule has 3 N–H and O–H groups in total. The fraction of sp³-hybridized carbons (Fsp3) is 0.500. The van der Waals surface area contributed by atoms with Gasteiger partial charge >= 0.3 is 0 Å². The second-order valence-corrected chi connectivity index (χ2v) is 6.01. The Morgan fingerprint density at radius 3 is 2.89 bits per heavy atom. The normalized spacial score (nSPS) is 23.0. The van der Waals surface area contributed by atoms with E-state index in [0.29, 0.717) is 5.25 Å². The summed E-state index contributed by atoms with van der Waals surface area (Å²) in [6.07, 6.45) is 6.35. The predicted molar refractivity (Wildman–Crippen MR) is 76.8 cm³/mol. The molecule has 1 aliphatic rings. The first-order chi connectivity index (χ1) is 9.11. The van der Waals surface area contributed by atoms with Gasteiger partial charge in [0.2, 0.25) is 0 Å². The maximum atomic E-state index is 12.1. The Hall–Kier alpha value is -1.36. The van der Waals surface area contributed by atoms with E-state index < -0.39 is 0 Å². The number of carbonyl (C=O) groups is 1. The minimum atomic E-state index is -0.350. The molecule has 0 radical (unpaired) electrons. The maximum Gasteiger partial charge on any atom is 0.255 e. The molecule has 0 aliphatic heterocycles. The SMILES string of the molecule is CSC1CCCC(NC(=O)c2cccc(O)c2O)C1. The van der Waals surface area contributed by atoms with Crippen molar-refractivity contribution in [3.8, 4) is 11.5 Å². The van der Waals surface area contributed by atoms with Crippen molar-refractivity contribution < 1.29 is 15.0 Å². The van der Waals surface area contributed by atoms with Crippen LogP contribution in [0, 0.1) is 0 Å². The number of para-hydroxylation sites is 1. The van der Waals surface area contributed by atoms with Crippen LogP contribution in [0.5, 0.6) is 11.5 Å². The molecule has 1 fully saturated rings. The molecule has 19 heavy (non-hydrogen) atoms. The van der Waals surface area contributed by atoms with Crippen molar-refractivity contribution in [2.75, 3.05) is 6.26 Å². The molecule has 0 saturated heterocycles. The van der Waals surface area contributed by atoms with Crippen molar-refractivity contribution in [1.82, 2.24) is 5.32 Å². The molecule has 1 aliphatic carbocycles. The van der Waals surface area contributed by atoms with Gasteiger partial charge in [0, 0.05) is 11.3 Å². The largest absolute Gasteiger partial charge is 0.504 e. The lowest BCUT2D eigenvalue weighted by Crippen LogP contribution is -2.39. The second-order valence-electron chi connectivity index (χ2n) is 4.87. The summed E-state index contributed by atoms with van der Waals surface area (Å²) >= 11 is 1.84. The van der Waals surface area contributed by atoms with Crippen LogP contribution in [0.4, 0.5) is 0 Å². The van der Waals surface area contributed by atoms with Crippen molar-refractivity contribution in [3.63, 3.8) is 0 Å². The van der Waals surface area contributed by atoms with Gasteiger partial charge in [-0.05, 0) is 37.7 Å². The van der Waals surface area contributed by atoms with E-state index in [2.05, 4.69) is 11.6 Å². The van der Waals surface area contributed by atoms with Crippen LogP contribution >= 0.6 is 11.8 Å². The first-order valence-corrected chi connectivity index (χ1v) is 7.75. The molecule has 1 saturated carbocycles. The topological polar surface area (TPSA) is 69.6 Å². The number of hydrogen-bond acceptors (Lipinski definition) is 4. The number of thioether (sulfide) groups is 1.